The SMILES string of the molecule is COC(=O)C(=C([O-])O)N1CC[N+]2=C1CCC2.COC(=O)C(=C([O-])O)[N+]1=C2CCC[N+]2=CC1.COC(=O)C1(C(=O)O)C2=NCCN1CCC2.[CH3-].[Y].[Y].[Y]. The molecular weight excluding hydrogens is 915 g/mol. The molecule has 6 heterocycles. The van der Waals surface area contributed by atoms with Gasteiger partial charge in [0.05, 0.1) is 46.6 Å². The Morgan fingerprint density at radius 2 is 1.48 bits per heavy atom. The van der Waals surface area contributed by atoms with Crippen LogP contribution < -0.4 is 10.2 Å². The first-order valence-electron chi connectivity index (χ1n) is 15.5. The van der Waals surface area contributed by atoms with Gasteiger partial charge >= 0.3 is 35.4 Å². The molecule has 2 saturated heterocycles. The number of hydrogen-bond acceptors (Lipinski definition) is 14. The number of nitrogens with zero attached hydrogens (tertiary/aromatic N) is 6. The van der Waals surface area contributed by atoms with Gasteiger partial charge in [0, 0.05) is 118 Å². The Bertz CT molecular complexity index is 1550. The molecule has 2 fully saturated rings. The van der Waals surface area contributed by atoms with Gasteiger partial charge in [-0.25, -0.2) is 24.1 Å². The number of fused-ring (bicyclic) bond motifs is 3. The number of methoxy groups -OCH3 is 3. The van der Waals surface area contributed by atoms with E-state index in [4.69, 9.17) is 10.2 Å². The minimum absolute atomic E-state index is 0. The average Bonchev–Trinajstić information content (AvgIpc) is 3.85. The summed E-state index contributed by atoms with van der Waals surface area (Å²) < 4.78 is 19.3. The van der Waals surface area contributed by atoms with E-state index in [9.17, 15) is 34.5 Å². The summed E-state index contributed by atoms with van der Waals surface area (Å²) in [5.41, 5.74) is -1.81. The van der Waals surface area contributed by atoms with Gasteiger partial charge in [-0.15, -0.1) is 9.15 Å². The molecule has 0 aliphatic carbocycles. The van der Waals surface area contributed by atoms with Crippen molar-refractivity contribution in [2.24, 2.45) is 4.99 Å². The van der Waals surface area contributed by atoms with Gasteiger partial charge in [-0.05, 0) is 19.3 Å². The van der Waals surface area contributed by atoms with Crippen LogP contribution in [0.5, 0.6) is 0 Å². The predicted octanol–water partition coefficient (Wildman–Crippen LogP) is -2.71. The van der Waals surface area contributed by atoms with E-state index in [1.165, 1.54) is 25.9 Å². The number of aliphatic hydroxyl groups is 2. The van der Waals surface area contributed by atoms with Gasteiger partial charge in [0.25, 0.3) is 11.4 Å². The normalized spacial score (nSPS) is 22.8. The monoisotopic (exact) mass is 959 g/mol. The zero-order valence-electron chi connectivity index (χ0n) is 29.9. The second-order valence-corrected chi connectivity index (χ2v) is 11.4. The number of aliphatic carboxylic acids is 1. The Hall–Kier alpha value is -1.69. The number of carboxylic acid groups (broad SMARTS) is 1. The molecule has 3 N–H and O–H groups in total. The molecule has 6 rings (SSSR count). The van der Waals surface area contributed by atoms with Crippen molar-refractivity contribution in [3.05, 3.63) is 30.7 Å². The van der Waals surface area contributed by atoms with Crippen molar-refractivity contribution in [1.29, 1.82) is 0 Å². The number of aliphatic imine (C=N–C) groups is 1. The summed E-state index contributed by atoms with van der Waals surface area (Å²) in [5.74, 6) is -4.17. The molecule has 0 aromatic carbocycles. The third-order valence-corrected chi connectivity index (χ3v) is 8.92. The van der Waals surface area contributed by atoms with Crippen molar-refractivity contribution >= 4 is 47.5 Å². The molecule has 2 unspecified atom stereocenters. The molecule has 0 spiro atoms. The van der Waals surface area contributed by atoms with Crippen LogP contribution in [0.15, 0.2) is 28.3 Å². The van der Waals surface area contributed by atoms with E-state index in [1.807, 2.05) is 10.8 Å². The van der Waals surface area contributed by atoms with Crippen molar-refractivity contribution in [3.63, 3.8) is 0 Å². The molecule has 21 heteroatoms. The van der Waals surface area contributed by atoms with Gasteiger partial charge in [0.2, 0.25) is 18.5 Å². The van der Waals surface area contributed by atoms with Gasteiger partial charge in [0.15, 0.2) is 6.54 Å². The fraction of sp³-hybridized carbons (Fsp3) is 0.581. The average molecular weight is 959 g/mol. The standard InChI is InChI=1S/2C10H14N2O4.C10H12N2O4.CH3.3Y/c1-16-9(15)10(8(13)14)7-3-2-5-12(10)6-4-11-7;2*1-16-10(15)8(9(13)14)12-6-5-11-4-2-3-7(11)12;;;;/h2-6H2,1H3,(H,13,14);2-6H2,1H3,(H-,13,14,15);5H,2-4,6H2,1H3;1H3;;;/q;;;-1;;;/p+1. The molecule has 3 radical (unpaired) electrons. The molecular formula is C31H44N6O12Y3. The predicted molar refractivity (Wildman–Crippen MR) is 167 cm³/mol. The molecule has 2 atom stereocenters. The van der Waals surface area contributed by atoms with E-state index in [0.717, 1.165) is 63.4 Å². The Labute approximate surface area is 377 Å². The number of aliphatic hydroxyl groups excluding tert-OH is 2. The second-order valence-electron chi connectivity index (χ2n) is 11.4. The number of hydrogen-bond donors (Lipinski definition) is 3. The molecule has 0 saturated carbocycles. The fourth-order valence-corrected chi connectivity index (χ4v) is 6.83. The van der Waals surface area contributed by atoms with Gasteiger partial charge < -0.3 is 47.2 Å². The van der Waals surface area contributed by atoms with E-state index >= 15 is 0 Å². The van der Waals surface area contributed by atoms with Crippen LogP contribution in [0, 0.1) is 7.43 Å². The van der Waals surface area contributed by atoms with E-state index in [0.29, 0.717) is 44.9 Å². The molecule has 18 nitrogen and oxygen atoms in total. The van der Waals surface area contributed by atoms with Gasteiger partial charge in [0.1, 0.15) is 31.4 Å². The van der Waals surface area contributed by atoms with Crippen LogP contribution >= 0.6 is 0 Å². The maximum absolute atomic E-state index is 11.8. The zero-order chi connectivity index (χ0) is 35.2. The van der Waals surface area contributed by atoms with Gasteiger partial charge in [-0.2, -0.15) is 0 Å². The third-order valence-electron chi connectivity index (χ3n) is 8.92. The van der Waals surface area contributed by atoms with Crippen LogP contribution in [0.4, 0.5) is 0 Å². The number of amidine groups is 2. The first-order chi connectivity index (χ1) is 22.9. The van der Waals surface area contributed by atoms with E-state index < -0.39 is 41.3 Å². The van der Waals surface area contributed by atoms with Crippen LogP contribution in [-0.4, -0.2) is 166 Å². The van der Waals surface area contributed by atoms with Crippen LogP contribution in [0.25, 0.3) is 0 Å². The number of carboxylic acids is 1. The molecule has 0 aromatic rings. The molecule has 52 heavy (non-hydrogen) atoms. The van der Waals surface area contributed by atoms with Gasteiger partial charge in [-0.3, -0.25) is 14.5 Å². The van der Waals surface area contributed by atoms with Crippen LogP contribution in [-0.2, 0) is 132 Å². The molecule has 0 aromatic heterocycles. The number of carbonyl (C=O) groups excluding carboxylic acids is 3. The largest absolute Gasteiger partial charge is 0.626 e. The number of esters is 3. The summed E-state index contributed by atoms with van der Waals surface area (Å²) >= 11 is 0. The Morgan fingerprint density at radius 1 is 0.827 bits per heavy atom. The summed E-state index contributed by atoms with van der Waals surface area (Å²) in [4.78, 5) is 53.5. The fourth-order valence-electron chi connectivity index (χ4n) is 6.83. The molecule has 279 valence electrons. The summed E-state index contributed by atoms with van der Waals surface area (Å²) in [7, 11) is 3.58. The number of ether oxygens (including phenoxy) is 3. The maximum Gasteiger partial charge on any atom is 0.419 e. The van der Waals surface area contributed by atoms with Crippen molar-refractivity contribution in [2.45, 2.75) is 44.1 Å². The van der Waals surface area contributed by atoms with Crippen molar-refractivity contribution in [1.82, 2.24) is 9.80 Å². The minimum atomic E-state index is -1.66. The van der Waals surface area contributed by atoms with Crippen molar-refractivity contribution in [2.75, 3.05) is 73.7 Å². The first-order valence-corrected chi connectivity index (χ1v) is 15.5. The van der Waals surface area contributed by atoms with E-state index in [2.05, 4.69) is 23.8 Å². The Kier molecular flexibility index (Phi) is 21.9. The first kappa shape index (κ1) is 50.3. The topological polar surface area (TPSA) is 231 Å². The van der Waals surface area contributed by atoms with Gasteiger partial charge in [-0.1, -0.05) is 0 Å². The number of carbonyl (C=O) groups is 4. The number of piperidine rings is 1. The minimum Gasteiger partial charge on any atom is -0.626 e. The number of rotatable bonds is 6. The summed E-state index contributed by atoms with van der Waals surface area (Å²) in [6.45, 7) is 5.23. The zero-order valence-corrected chi connectivity index (χ0v) is 38.4. The Balaban J connectivity index is 0.000000722. The third kappa shape index (κ3) is 10.3. The van der Waals surface area contributed by atoms with Crippen molar-refractivity contribution < 1.29 is 171 Å². The smallest absolute Gasteiger partial charge is 0.419 e. The van der Waals surface area contributed by atoms with Crippen LogP contribution in [0.2, 0.25) is 0 Å². The van der Waals surface area contributed by atoms with E-state index in [-0.39, 0.29) is 117 Å². The quantitative estimate of drug-likeness (QED) is 0.0468. The second kappa shape index (κ2) is 22.6. The van der Waals surface area contributed by atoms with Crippen molar-refractivity contribution in [3.8, 4) is 0 Å². The summed E-state index contributed by atoms with van der Waals surface area (Å²) in [6.07, 6.45) is 6.91. The summed E-state index contributed by atoms with van der Waals surface area (Å²) in [6, 6.07) is 0. The Morgan fingerprint density at radius 3 is 2.04 bits per heavy atom. The summed E-state index contributed by atoms with van der Waals surface area (Å²) in [5, 5.41) is 49.6. The molecule has 6 aliphatic rings. The molecule has 2 bridgehead atoms. The van der Waals surface area contributed by atoms with E-state index in [1.54, 1.807) is 9.80 Å². The molecule has 6 aliphatic heterocycles. The van der Waals surface area contributed by atoms with Crippen LogP contribution in [0.3, 0.4) is 0 Å². The maximum atomic E-state index is 11.8. The molecule has 0 amide bonds. The van der Waals surface area contributed by atoms with Crippen LogP contribution in [0.1, 0.15) is 38.5 Å².